The van der Waals surface area contributed by atoms with Crippen molar-refractivity contribution in [3.8, 4) is 22.6 Å². The summed E-state index contributed by atoms with van der Waals surface area (Å²) in [7, 11) is 1.37. The average molecular weight is 427 g/mol. The maximum absolute atomic E-state index is 12.1. The van der Waals surface area contributed by atoms with Crippen LogP contribution in [0.5, 0.6) is 11.5 Å². The Morgan fingerprint density at radius 2 is 1.81 bits per heavy atom. The summed E-state index contributed by atoms with van der Waals surface area (Å²) in [4.78, 5) is 37.4. The van der Waals surface area contributed by atoms with Gasteiger partial charge in [-0.2, -0.15) is 0 Å². The predicted molar refractivity (Wildman–Crippen MR) is 96.3 cm³/mol. The highest BCUT2D eigenvalue weighted by Gasteiger charge is 2.28. The van der Waals surface area contributed by atoms with Gasteiger partial charge in [0.1, 0.15) is 16.9 Å². The molecule has 0 saturated carbocycles. The smallest absolute Gasteiger partial charge is 0.342 e. The number of H-pyrrole nitrogens is 1. The molecule has 0 saturated heterocycles. The van der Waals surface area contributed by atoms with Crippen molar-refractivity contribution in [3.63, 3.8) is 0 Å². The molecule has 2 aromatic rings. The average Bonchev–Trinajstić information content (AvgIpc) is 2.53. The van der Waals surface area contributed by atoms with Gasteiger partial charge in [-0.15, -0.1) is 0 Å². The molecular weight excluding hydrogens is 412 g/mol. The van der Waals surface area contributed by atoms with Gasteiger partial charge in [-0.3, -0.25) is 4.79 Å². The van der Waals surface area contributed by atoms with Crippen molar-refractivity contribution in [2.75, 3.05) is 19.5 Å². The summed E-state index contributed by atoms with van der Waals surface area (Å²) in [6.45, 7) is 2.12. The number of aromatic amines is 1. The first kappa shape index (κ1) is 19.3. The Hall–Kier alpha value is -3.01. The van der Waals surface area contributed by atoms with E-state index in [1.807, 2.05) is 4.98 Å². The van der Waals surface area contributed by atoms with E-state index in [1.54, 1.807) is 6.92 Å². The number of carboxylic acids is 2. The molecule has 2 rings (SSSR count). The van der Waals surface area contributed by atoms with Crippen LogP contribution in [0.15, 0.2) is 21.4 Å². The van der Waals surface area contributed by atoms with Crippen molar-refractivity contribution in [2.24, 2.45) is 0 Å². The lowest BCUT2D eigenvalue weighted by molar-refractivity contribution is 0.0695. The molecular formula is C16H15BrN2O7. The number of carbonyl (C=O) groups is 2. The number of halogens is 1. The number of nitrogens with one attached hydrogen (secondary N) is 1. The highest BCUT2D eigenvalue weighted by Crippen LogP contribution is 2.41. The molecule has 10 heteroatoms. The molecule has 0 aliphatic heterocycles. The van der Waals surface area contributed by atoms with E-state index in [2.05, 4.69) is 15.9 Å². The summed E-state index contributed by atoms with van der Waals surface area (Å²) >= 11 is 3.26. The van der Waals surface area contributed by atoms with Crippen LogP contribution in [0, 0.1) is 0 Å². The quantitative estimate of drug-likeness (QED) is 0.548. The van der Waals surface area contributed by atoms with Crippen LogP contribution in [0.2, 0.25) is 0 Å². The maximum atomic E-state index is 12.1. The standard InChI is InChI=1S/C16H15BrN2O7/c1-3-26-9-5-7(17)6(4-8(9)25-2)10-11(15(21)22)13(18)19-14(20)12(10)16(23)24/h4-5H,3H2,1-2H3,(H,21,22)(H,23,24)(H3,18,19,20). The summed E-state index contributed by atoms with van der Waals surface area (Å²) in [6, 6.07) is 2.87. The fraction of sp³-hybridized carbons (Fsp3) is 0.188. The highest BCUT2D eigenvalue weighted by molar-refractivity contribution is 9.10. The molecule has 0 aliphatic rings. The topological polar surface area (TPSA) is 152 Å². The zero-order valence-corrected chi connectivity index (χ0v) is 15.3. The highest BCUT2D eigenvalue weighted by atomic mass is 79.9. The van der Waals surface area contributed by atoms with Crippen molar-refractivity contribution in [2.45, 2.75) is 6.92 Å². The third-order valence-corrected chi connectivity index (χ3v) is 4.15. The van der Waals surface area contributed by atoms with Gasteiger partial charge in [-0.05, 0) is 19.1 Å². The van der Waals surface area contributed by atoms with Crippen molar-refractivity contribution in [1.29, 1.82) is 0 Å². The molecule has 0 amide bonds. The second-order valence-electron chi connectivity index (χ2n) is 5.02. The van der Waals surface area contributed by atoms with Crippen LogP contribution in [-0.4, -0.2) is 40.9 Å². The molecule has 0 bridgehead atoms. The largest absolute Gasteiger partial charge is 0.493 e. The van der Waals surface area contributed by atoms with E-state index >= 15 is 0 Å². The molecule has 0 aliphatic carbocycles. The number of carboxylic acid groups (broad SMARTS) is 2. The van der Waals surface area contributed by atoms with E-state index in [0.29, 0.717) is 16.8 Å². The number of pyridine rings is 1. The van der Waals surface area contributed by atoms with E-state index in [4.69, 9.17) is 15.2 Å². The lowest BCUT2D eigenvalue weighted by Crippen LogP contribution is -2.24. The molecule has 0 spiro atoms. The second-order valence-corrected chi connectivity index (χ2v) is 5.87. The van der Waals surface area contributed by atoms with E-state index in [1.165, 1.54) is 19.2 Å². The Morgan fingerprint density at radius 3 is 2.31 bits per heavy atom. The number of aromatic nitrogens is 1. The van der Waals surface area contributed by atoms with Gasteiger partial charge in [-0.25, -0.2) is 9.59 Å². The van der Waals surface area contributed by atoms with Gasteiger partial charge in [0.15, 0.2) is 11.5 Å². The van der Waals surface area contributed by atoms with Crippen LogP contribution in [-0.2, 0) is 0 Å². The van der Waals surface area contributed by atoms with Crippen molar-refractivity contribution < 1.29 is 29.3 Å². The second kappa shape index (κ2) is 7.48. The first-order valence-corrected chi connectivity index (χ1v) is 8.05. The van der Waals surface area contributed by atoms with Gasteiger partial charge < -0.3 is 30.4 Å². The molecule has 1 aromatic carbocycles. The number of nitrogen functional groups attached to an aromatic ring is 1. The third-order valence-electron chi connectivity index (χ3n) is 3.49. The Bertz CT molecular complexity index is 953. The van der Waals surface area contributed by atoms with Gasteiger partial charge in [0.25, 0.3) is 5.56 Å². The summed E-state index contributed by atoms with van der Waals surface area (Å²) in [5, 5.41) is 18.9. The number of nitrogens with two attached hydrogens (primary N) is 1. The minimum atomic E-state index is -1.59. The molecule has 9 nitrogen and oxygen atoms in total. The number of ether oxygens (including phenoxy) is 2. The molecule has 0 atom stereocenters. The summed E-state index contributed by atoms with van der Waals surface area (Å²) in [5.74, 6) is -2.95. The zero-order valence-electron chi connectivity index (χ0n) is 13.8. The number of anilines is 1. The number of methoxy groups -OCH3 is 1. The van der Waals surface area contributed by atoms with Crippen molar-refractivity contribution in [1.82, 2.24) is 4.98 Å². The van der Waals surface area contributed by atoms with Crippen LogP contribution in [0.1, 0.15) is 27.6 Å². The molecule has 26 heavy (non-hydrogen) atoms. The van der Waals surface area contributed by atoms with Gasteiger partial charge in [0, 0.05) is 15.6 Å². The SMILES string of the molecule is CCOc1cc(Br)c(-c2c(C(=O)O)c(N)[nH]c(=O)c2C(=O)O)cc1OC. The number of benzene rings is 1. The van der Waals surface area contributed by atoms with E-state index in [-0.39, 0.29) is 16.9 Å². The summed E-state index contributed by atoms with van der Waals surface area (Å²) in [5.41, 5.74) is 3.10. The molecule has 0 fully saturated rings. The van der Waals surface area contributed by atoms with E-state index < -0.39 is 34.4 Å². The van der Waals surface area contributed by atoms with Crippen molar-refractivity contribution >= 4 is 33.7 Å². The monoisotopic (exact) mass is 426 g/mol. The number of hydrogen-bond donors (Lipinski definition) is 4. The first-order valence-electron chi connectivity index (χ1n) is 7.25. The van der Waals surface area contributed by atoms with Crippen molar-refractivity contribution in [3.05, 3.63) is 38.1 Å². The maximum Gasteiger partial charge on any atom is 0.342 e. The zero-order chi connectivity index (χ0) is 19.6. The van der Waals surface area contributed by atoms with Gasteiger partial charge in [-0.1, -0.05) is 15.9 Å². The first-order chi connectivity index (χ1) is 12.2. The number of rotatable bonds is 6. The van der Waals surface area contributed by atoms with Crippen LogP contribution < -0.4 is 20.8 Å². The molecule has 0 unspecified atom stereocenters. The van der Waals surface area contributed by atoms with Crippen LogP contribution in [0.25, 0.3) is 11.1 Å². The normalized spacial score (nSPS) is 10.4. The van der Waals surface area contributed by atoms with Gasteiger partial charge in [0.2, 0.25) is 0 Å². The molecule has 138 valence electrons. The lowest BCUT2D eigenvalue weighted by Gasteiger charge is -2.16. The Labute approximate surface area is 155 Å². The Balaban J connectivity index is 2.98. The number of hydrogen-bond acceptors (Lipinski definition) is 6. The molecule has 5 N–H and O–H groups in total. The minimum Gasteiger partial charge on any atom is -0.493 e. The third kappa shape index (κ3) is 3.36. The van der Waals surface area contributed by atoms with Crippen LogP contribution in [0.4, 0.5) is 5.82 Å². The summed E-state index contributed by atoms with van der Waals surface area (Å²) < 4.78 is 10.9. The molecule has 1 heterocycles. The molecule has 0 radical (unpaired) electrons. The summed E-state index contributed by atoms with van der Waals surface area (Å²) in [6.07, 6.45) is 0. The fourth-order valence-electron chi connectivity index (χ4n) is 2.47. The number of aromatic carboxylic acids is 2. The van der Waals surface area contributed by atoms with Crippen LogP contribution >= 0.6 is 15.9 Å². The molecule has 1 aromatic heterocycles. The fourth-order valence-corrected chi connectivity index (χ4v) is 2.99. The van der Waals surface area contributed by atoms with E-state index in [0.717, 1.165) is 0 Å². The Morgan fingerprint density at radius 1 is 1.19 bits per heavy atom. The predicted octanol–water partition coefficient (Wildman–Crippen LogP) is 2.19. The minimum absolute atomic E-state index is 0.109. The van der Waals surface area contributed by atoms with E-state index in [9.17, 15) is 24.6 Å². The van der Waals surface area contributed by atoms with Gasteiger partial charge >= 0.3 is 11.9 Å². The van der Waals surface area contributed by atoms with Crippen LogP contribution in [0.3, 0.4) is 0 Å². The van der Waals surface area contributed by atoms with Gasteiger partial charge in [0.05, 0.1) is 13.7 Å². The lowest BCUT2D eigenvalue weighted by atomic mass is 9.95. The Kier molecular flexibility index (Phi) is 5.56.